The molecule has 4 heterocycles. The summed E-state index contributed by atoms with van der Waals surface area (Å²) >= 11 is 0. The predicted octanol–water partition coefficient (Wildman–Crippen LogP) is 1.85. The first-order chi connectivity index (χ1) is 20.5. The molecular weight excluding hydrogens is 558 g/mol. The van der Waals surface area contributed by atoms with Gasteiger partial charge in [0.15, 0.2) is 11.8 Å². The number of nitrogens with one attached hydrogen (secondary N) is 2. The molecule has 0 spiro atoms. The van der Waals surface area contributed by atoms with Gasteiger partial charge in [0, 0.05) is 30.1 Å². The van der Waals surface area contributed by atoms with Crippen molar-refractivity contribution < 1.29 is 33.8 Å². The molecular formula is C29H29N7O7. The van der Waals surface area contributed by atoms with Crippen molar-refractivity contribution in [2.24, 2.45) is 5.92 Å². The minimum Gasteiger partial charge on any atom is -0.494 e. The molecule has 1 aromatic carbocycles. The minimum absolute atomic E-state index is 0.165. The van der Waals surface area contributed by atoms with Crippen molar-refractivity contribution in [1.82, 2.24) is 35.3 Å². The number of Topliss-reactive ketones (excluding diaryl/α,β-unsaturated/α-hetero) is 1. The number of aromatic hydroxyl groups is 2. The molecule has 4 N–H and O–H groups in total. The zero-order chi connectivity index (χ0) is 30.9. The van der Waals surface area contributed by atoms with E-state index in [1.807, 2.05) is 31.2 Å². The number of urea groups is 1. The topological polar surface area (TPSA) is 193 Å². The number of carbonyl (C=O) groups excluding carboxylic acids is 4. The molecule has 1 aliphatic rings. The third-order valence-electron chi connectivity index (χ3n) is 7.04. The van der Waals surface area contributed by atoms with Crippen molar-refractivity contribution in [2.75, 3.05) is 6.54 Å². The van der Waals surface area contributed by atoms with E-state index in [1.54, 1.807) is 13.8 Å². The van der Waals surface area contributed by atoms with Gasteiger partial charge in [-0.3, -0.25) is 24.3 Å². The van der Waals surface area contributed by atoms with Crippen molar-refractivity contribution in [3.63, 3.8) is 0 Å². The second-order valence-electron chi connectivity index (χ2n) is 10.5. The molecule has 3 aromatic heterocycles. The highest BCUT2D eigenvalue weighted by molar-refractivity contribution is 6.10. The van der Waals surface area contributed by atoms with Gasteiger partial charge in [-0.1, -0.05) is 43.7 Å². The number of imide groups is 1. The summed E-state index contributed by atoms with van der Waals surface area (Å²) in [6.45, 7) is 4.59. The van der Waals surface area contributed by atoms with E-state index in [0.29, 0.717) is 11.3 Å². The molecule has 5 rings (SSSR count). The standard InChI is InChI=1S/C29H29N7O7/c1-16(2)24(25(40)26-34-33-21(43-26)14-18-6-4-5-17(3)13-18)31-20(37)15-35-27(41)29(32-28(35)42,19-9-11-30-12-10-19)36-22(38)7-8-23(36)39/h4-13,16,24,38-39H,14-15H2,1-3H3,(H,31,37)(H,32,42)/t24-,29+/m0/s1. The Morgan fingerprint density at radius 2 is 1.74 bits per heavy atom. The van der Waals surface area contributed by atoms with E-state index >= 15 is 0 Å². The van der Waals surface area contributed by atoms with E-state index in [0.717, 1.165) is 27.8 Å². The normalized spacial score (nSPS) is 17.3. The number of pyridine rings is 1. The van der Waals surface area contributed by atoms with Crippen LogP contribution in [-0.4, -0.2) is 71.1 Å². The van der Waals surface area contributed by atoms with Gasteiger partial charge in [-0.05, 0) is 30.5 Å². The molecule has 14 heteroatoms. The molecule has 4 aromatic rings. The smallest absolute Gasteiger partial charge is 0.327 e. The monoisotopic (exact) mass is 587 g/mol. The average Bonchev–Trinajstić information content (AvgIpc) is 3.64. The van der Waals surface area contributed by atoms with Gasteiger partial charge in [0.1, 0.15) is 6.54 Å². The third kappa shape index (κ3) is 5.41. The largest absolute Gasteiger partial charge is 0.494 e. The highest BCUT2D eigenvalue weighted by Crippen LogP contribution is 2.38. The van der Waals surface area contributed by atoms with Crippen LogP contribution in [0.3, 0.4) is 0 Å². The number of ketones is 1. The van der Waals surface area contributed by atoms with Crippen LogP contribution in [0.2, 0.25) is 0 Å². The number of rotatable bonds is 10. The molecule has 0 aliphatic carbocycles. The number of hydrogen-bond acceptors (Lipinski definition) is 10. The number of aryl methyl sites for hydroxylation is 1. The van der Waals surface area contributed by atoms with Crippen LogP contribution >= 0.6 is 0 Å². The lowest BCUT2D eigenvalue weighted by molar-refractivity contribution is -0.136. The quantitative estimate of drug-likeness (QED) is 0.157. The van der Waals surface area contributed by atoms with E-state index in [9.17, 15) is 29.4 Å². The second-order valence-corrected chi connectivity index (χ2v) is 10.5. The van der Waals surface area contributed by atoms with Gasteiger partial charge in [0.2, 0.25) is 23.2 Å². The Kier molecular flexibility index (Phi) is 7.68. The number of amides is 4. The van der Waals surface area contributed by atoms with Crippen LogP contribution in [0.25, 0.3) is 0 Å². The molecule has 2 atom stereocenters. The van der Waals surface area contributed by atoms with Crippen molar-refractivity contribution in [2.45, 2.75) is 38.9 Å². The van der Waals surface area contributed by atoms with Gasteiger partial charge in [-0.2, -0.15) is 0 Å². The van der Waals surface area contributed by atoms with Crippen LogP contribution in [0.5, 0.6) is 11.8 Å². The Labute approximate surface area is 245 Å². The van der Waals surface area contributed by atoms with Gasteiger partial charge in [0.25, 0.3) is 11.8 Å². The maximum atomic E-state index is 13.8. The van der Waals surface area contributed by atoms with Gasteiger partial charge in [-0.25, -0.2) is 9.36 Å². The van der Waals surface area contributed by atoms with Crippen LogP contribution in [0, 0.1) is 12.8 Å². The van der Waals surface area contributed by atoms with Crippen LogP contribution < -0.4 is 10.6 Å². The van der Waals surface area contributed by atoms with Crippen LogP contribution in [0.1, 0.15) is 47.1 Å². The summed E-state index contributed by atoms with van der Waals surface area (Å²) in [6.07, 6.45) is 3.05. The fraction of sp³-hybridized carbons (Fsp3) is 0.276. The second kappa shape index (κ2) is 11.4. The first-order valence-corrected chi connectivity index (χ1v) is 13.4. The lowest BCUT2D eigenvalue weighted by Gasteiger charge is -2.30. The van der Waals surface area contributed by atoms with E-state index in [4.69, 9.17) is 4.42 Å². The Bertz CT molecular complexity index is 1680. The lowest BCUT2D eigenvalue weighted by atomic mass is 9.99. The van der Waals surface area contributed by atoms with E-state index in [1.165, 1.54) is 24.5 Å². The maximum absolute atomic E-state index is 13.8. The zero-order valence-electron chi connectivity index (χ0n) is 23.5. The summed E-state index contributed by atoms with van der Waals surface area (Å²) in [5.74, 6) is -3.90. The SMILES string of the molecule is Cc1cccc(Cc2nnc(C(=O)[C@@H](NC(=O)CN3C(=O)N[C@](c4ccncc4)(n4c(O)ccc4O)C3=O)C(C)C)o2)c1. The molecule has 4 amide bonds. The molecule has 43 heavy (non-hydrogen) atoms. The molecule has 222 valence electrons. The van der Waals surface area contributed by atoms with Crippen LogP contribution in [0.4, 0.5) is 4.79 Å². The lowest BCUT2D eigenvalue weighted by Crippen LogP contribution is -2.51. The van der Waals surface area contributed by atoms with E-state index in [2.05, 4.69) is 25.8 Å². The molecule has 1 saturated heterocycles. The van der Waals surface area contributed by atoms with Crippen molar-refractivity contribution in [3.05, 3.63) is 89.4 Å². The summed E-state index contributed by atoms with van der Waals surface area (Å²) in [4.78, 5) is 57.9. The molecule has 0 radical (unpaired) electrons. The molecule has 0 saturated carbocycles. The van der Waals surface area contributed by atoms with Gasteiger partial charge in [-0.15, -0.1) is 10.2 Å². The summed E-state index contributed by atoms with van der Waals surface area (Å²) in [5.41, 5.74) is 0.0388. The summed E-state index contributed by atoms with van der Waals surface area (Å²) in [7, 11) is 0. The Balaban J connectivity index is 1.34. The molecule has 0 bridgehead atoms. The van der Waals surface area contributed by atoms with Crippen LogP contribution in [-0.2, 0) is 21.7 Å². The van der Waals surface area contributed by atoms with Crippen molar-refractivity contribution in [3.8, 4) is 11.8 Å². The van der Waals surface area contributed by atoms with Gasteiger partial charge >= 0.3 is 6.03 Å². The van der Waals surface area contributed by atoms with E-state index in [-0.39, 0.29) is 17.3 Å². The number of aromatic nitrogens is 4. The number of hydrogen-bond donors (Lipinski definition) is 4. The molecule has 0 unspecified atom stereocenters. The van der Waals surface area contributed by atoms with Crippen LogP contribution in [0.15, 0.2) is 65.3 Å². The first kappa shape index (κ1) is 29.0. The van der Waals surface area contributed by atoms with Crippen molar-refractivity contribution in [1.29, 1.82) is 0 Å². The average molecular weight is 588 g/mol. The Morgan fingerprint density at radius 1 is 1.05 bits per heavy atom. The molecule has 14 nitrogen and oxygen atoms in total. The Hall–Kier alpha value is -5.53. The first-order valence-electron chi connectivity index (χ1n) is 13.4. The van der Waals surface area contributed by atoms with E-state index < -0.39 is 59.6 Å². The fourth-order valence-corrected chi connectivity index (χ4v) is 4.99. The zero-order valence-corrected chi connectivity index (χ0v) is 23.5. The number of benzene rings is 1. The van der Waals surface area contributed by atoms with Gasteiger partial charge < -0.3 is 25.3 Å². The highest BCUT2D eigenvalue weighted by atomic mass is 16.4. The summed E-state index contributed by atoms with van der Waals surface area (Å²) < 4.78 is 6.44. The van der Waals surface area contributed by atoms with Gasteiger partial charge in [0.05, 0.1) is 12.5 Å². The third-order valence-corrected chi connectivity index (χ3v) is 7.04. The summed E-state index contributed by atoms with van der Waals surface area (Å²) in [6, 6.07) is 10.8. The number of carbonyl (C=O) groups is 4. The fourth-order valence-electron chi connectivity index (χ4n) is 4.99. The predicted molar refractivity (Wildman–Crippen MR) is 149 cm³/mol. The molecule has 1 fully saturated rings. The maximum Gasteiger partial charge on any atom is 0.327 e. The number of nitrogens with zero attached hydrogens (tertiary/aromatic N) is 5. The molecule has 1 aliphatic heterocycles. The Morgan fingerprint density at radius 3 is 2.40 bits per heavy atom. The summed E-state index contributed by atoms with van der Waals surface area (Å²) in [5, 5.41) is 33.8. The van der Waals surface area contributed by atoms with Crippen molar-refractivity contribution >= 4 is 23.6 Å². The minimum atomic E-state index is -2.11. The highest BCUT2D eigenvalue weighted by Gasteiger charge is 2.56.